The van der Waals surface area contributed by atoms with Gasteiger partial charge in [-0.15, -0.1) is 0 Å². The molecule has 0 bridgehead atoms. The average Bonchev–Trinajstić information content (AvgIpc) is 2.65. The highest BCUT2D eigenvalue weighted by Gasteiger charge is 2.13. The van der Waals surface area contributed by atoms with Crippen molar-refractivity contribution < 1.29 is 9.59 Å². The standard InChI is InChI=1S/C22H29N3O2/c1-16(2)19-11-5-6-12-20(19)24-22(27)18-10-7-9-17(15-18)21(26)23-13-8-14-25(3)4/h5-7,9-12,15-16H,8,13-14H2,1-4H3,(H,23,26)(H,24,27). The third-order valence-electron chi connectivity index (χ3n) is 4.29. The third-order valence-corrected chi connectivity index (χ3v) is 4.29. The van der Waals surface area contributed by atoms with Gasteiger partial charge in [0.1, 0.15) is 0 Å². The van der Waals surface area contributed by atoms with Crippen LogP contribution in [-0.2, 0) is 0 Å². The van der Waals surface area contributed by atoms with E-state index in [0.29, 0.717) is 23.6 Å². The number of carbonyl (C=O) groups excluding carboxylic acids is 2. The van der Waals surface area contributed by atoms with Gasteiger partial charge in [0.2, 0.25) is 0 Å². The van der Waals surface area contributed by atoms with Crippen molar-refractivity contribution in [2.45, 2.75) is 26.2 Å². The second-order valence-electron chi connectivity index (χ2n) is 7.19. The topological polar surface area (TPSA) is 61.4 Å². The molecule has 2 amide bonds. The van der Waals surface area contributed by atoms with Crippen LogP contribution in [0.4, 0.5) is 5.69 Å². The zero-order valence-corrected chi connectivity index (χ0v) is 16.6. The number of hydrogen-bond acceptors (Lipinski definition) is 3. The van der Waals surface area contributed by atoms with Gasteiger partial charge in [-0.05, 0) is 62.8 Å². The zero-order valence-electron chi connectivity index (χ0n) is 16.6. The number of rotatable bonds is 8. The molecule has 2 aromatic carbocycles. The van der Waals surface area contributed by atoms with Crippen molar-refractivity contribution in [3.05, 3.63) is 65.2 Å². The van der Waals surface area contributed by atoms with Gasteiger partial charge in [-0.25, -0.2) is 0 Å². The summed E-state index contributed by atoms with van der Waals surface area (Å²) in [6.45, 7) is 5.70. The summed E-state index contributed by atoms with van der Waals surface area (Å²) < 4.78 is 0. The normalized spacial score (nSPS) is 10.9. The van der Waals surface area contributed by atoms with E-state index in [-0.39, 0.29) is 11.8 Å². The van der Waals surface area contributed by atoms with Gasteiger partial charge in [-0.1, -0.05) is 38.1 Å². The second-order valence-corrected chi connectivity index (χ2v) is 7.19. The highest BCUT2D eigenvalue weighted by atomic mass is 16.2. The van der Waals surface area contributed by atoms with Crippen LogP contribution in [0.3, 0.4) is 0 Å². The van der Waals surface area contributed by atoms with Crippen molar-refractivity contribution in [1.82, 2.24) is 10.2 Å². The molecule has 0 aliphatic rings. The maximum Gasteiger partial charge on any atom is 0.255 e. The lowest BCUT2D eigenvalue weighted by Crippen LogP contribution is -2.27. The molecule has 5 heteroatoms. The van der Waals surface area contributed by atoms with E-state index in [2.05, 4.69) is 29.4 Å². The van der Waals surface area contributed by atoms with Crippen molar-refractivity contribution in [3.8, 4) is 0 Å². The minimum Gasteiger partial charge on any atom is -0.352 e. The third kappa shape index (κ3) is 6.22. The second kappa shape index (κ2) is 9.88. The molecule has 144 valence electrons. The summed E-state index contributed by atoms with van der Waals surface area (Å²) >= 11 is 0. The number of carbonyl (C=O) groups is 2. The lowest BCUT2D eigenvalue weighted by molar-refractivity contribution is 0.0952. The van der Waals surface area contributed by atoms with Gasteiger partial charge in [0.25, 0.3) is 11.8 Å². The fourth-order valence-electron chi connectivity index (χ4n) is 2.81. The molecule has 0 unspecified atom stereocenters. The molecule has 0 atom stereocenters. The van der Waals surface area contributed by atoms with Crippen LogP contribution >= 0.6 is 0 Å². The molecule has 0 saturated carbocycles. The smallest absolute Gasteiger partial charge is 0.255 e. The van der Waals surface area contributed by atoms with Crippen LogP contribution in [0, 0.1) is 0 Å². The molecule has 2 N–H and O–H groups in total. The largest absolute Gasteiger partial charge is 0.352 e. The Balaban J connectivity index is 2.04. The Morgan fingerprint density at radius 3 is 2.30 bits per heavy atom. The van der Waals surface area contributed by atoms with E-state index in [0.717, 1.165) is 24.2 Å². The fourth-order valence-corrected chi connectivity index (χ4v) is 2.81. The summed E-state index contributed by atoms with van der Waals surface area (Å²) in [7, 11) is 4.00. The molecule has 0 aliphatic carbocycles. The fraction of sp³-hybridized carbons (Fsp3) is 0.364. The lowest BCUT2D eigenvalue weighted by Gasteiger charge is -2.14. The van der Waals surface area contributed by atoms with Gasteiger partial charge in [-0.3, -0.25) is 9.59 Å². The molecular weight excluding hydrogens is 338 g/mol. The summed E-state index contributed by atoms with van der Waals surface area (Å²) in [5.74, 6) is -0.0721. The van der Waals surface area contributed by atoms with Crippen molar-refractivity contribution in [3.63, 3.8) is 0 Å². The van der Waals surface area contributed by atoms with Gasteiger partial charge in [0.15, 0.2) is 0 Å². The van der Waals surface area contributed by atoms with Crippen LogP contribution in [0.5, 0.6) is 0 Å². The Labute approximate surface area is 161 Å². The van der Waals surface area contributed by atoms with Crippen LogP contribution in [0.2, 0.25) is 0 Å². The predicted molar refractivity (Wildman–Crippen MR) is 110 cm³/mol. The van der Waals surface area contributed by atoms with Gasteiger partial charge < -0.3 is 15.5 Å². The van der Waals surface area contributed by atoms with Crippen LogP contribution in [0.25, 0.3) is 0 Å². The van der Waals surface area contributed by atoms with Gasteiger partial charge in [-0.2, -0.15) is 0 Å². The molecule has 0 spiro atoms. The first-order chi connectivity index (χ1) is 12.9. The van der Waals surface area contributed by atoms with Crippen molar-refractivity contribution in [1.29, 1.82) is 0 Å². The Kier molecular flexibility index (Phi) is 7.55. The van der Waals surface area contributed by atoms with Crippen molar-refractivity contribution in [2.75, 3.05) is 32.5 Å². The SMILES string of the molecule is CC(C)c1ccccc1NC(=O)c1cccc(C(=O)NCCCN(C)C)c1. The molecule has 2 aromatic rings. The van der Waals surface area contributed by atoms with Gasteiger partial charge >= 0.3 is 0 Å². The van der Waals surface area contributed by atoms with E-state index in [4.69, 9.17) is 0 Å². The summed E-state index contributed by atoms with van der Waals surface area (Å²) in [5.41, 5.74) is 2.84. The van der Waals surface area contributed by atoms with Crippen LogP contribution in [0.1, 0.15) is 52.5 Å². The van der Waals surface area contributed by atoms with Gasteiger partial charge in [0, 0.05) is 23.4 Å². The number of amides is 2. The van der Waals surface area contributed by atoms with Gasteiger partial charge in [0.05, 0.1) is 0 Å². The van der Waals surface area contributed by atoms with Crippen molar-refractivity contribution >= 4 is 17.5 Å². The Morgan fingerprint density at radius 1 is 0.963 bits per heavy atom. The maximum absolute atomic E-state index is 12.7. The number of hydrogen-bond donors (Lipinski definition) is 2. The maximum atomic E-state index is 12.7. The molecule has 0 aromatic heterocycles. The van der Waals surface area contributed by atoms with E-state index in [1.165, 1.54) is 0 Å². The highest BCUT2D eigenvalue weighted by Crippen LogP contribution is 2.24. The molecule has 0 saturated heterocycles. The number of nitrogens with zero attached hydrogens (tertiary/aromatic N) is 1. The molecule has 0 radical (unpaired) electrons. The quantitative estimate of drug-likeness (QED) is 0.699. The van der Waals surface area contributed by atoms with E-state index >= 15 is 0 Å². The number of benzene rings is 2. The molecule has 0 aliphatic heterocycles. The zero-order chi connectivity index (χ0) is 19.8. The summed E-state index contributed by atoms with van der Waals surface area (Å²) in [4.78, 5) is 27.0. The molecule has 27 heavy (non-hydrogen) atoms. The molecular formula is C22H29N3O2. The Hall–Kier alpha value is -2.66. The molecule has 2 rings (SSSR count). The van der Waals surface area contributed by atoms with E-state index in [1.807, 2.05) is 38.4 Å². The summed E-state index contributed by atoms with van der Waals surface area (Å²) in [6.07, 6.45) is 0.880. The monoisotopic (exact) mass is 367 g/mol. The number of anilines is 1. The Bertz CT molecular complexity index is 785. The number of para-hydroxylation sites is 1. The first kappa shape index (κ1) is 20.6. The first-order valence-electron chi connectivity index (χ1n) is 9.31. The summed E-state index contributed by atoms with van der Waals surface area (Å²) in [6, 6.07) is 14.6. The highest BCUT2D eigenvalue weighted by molar-refractivity contribution is 6.06. The predicted octanol–water partition coefficient (Wildman–Crippen LogP) is 3.74. The lowest BCUT2D eigenvalue weighted by atomic mass is 10.0. The minimum atomic E-state index is -0.217. The Morgan fingerprint density at radius 2 is 1.63 bits per heavy atom. The minimum absolute atomic E-state index is 0.161. The van der Waals surface area contributed by atoms with E-state index < -0.39 is 0 Å². The molecule has 0 heterocycles. The number of nitrogens with one attached hydrogen (secondary N) is 2. The van der Waals surface area contributed by atoms with Crippen molar-refractivity contribution in [2.24, 2.45) is 0 Å². The van der Waals surface area contributed by atoms with Crippen LogP contribution in [-0.4, -0.2) is 43.9 Å². The van der Waals surface area contributed by atoms with E-state index in [9.17, 15) is 9.59 Å². The van der Waals surface area contributed by atoms with E-state index in [1.54, 1.807) is 24.3 Å². The van der Waals surface area contributed by atoms with Crippen LogP contribution in [0.15, 0.2) is 48.5 Å². The molecule has 0 fully saturated rings. The summed E-state index contributed by atoms with van der Waals surface area (Å²) in [5, 5.41) is 5.86. The van der Waals surface area contributed by atoms with Crippen LogP contribution < -0.4 is 10.6 Å². The average molecular weight is 367 g/mol. The molecule has 5 nitrogen and oxygen atoms in total. The first-order valence-corrected chi connectivity index (χ1v) is 9.31.